The van der Waals surface area contributed by atoms with Gasteiger partial charge in [-0.05, 0) is 48.2 Å². The van der Waals surface area contributed by atoms with Crippen molar-refractivity contribution in [2.45, 2.75) is 11.5 Å². The second-order valence-corrected chi connectivity index (χ2v) is 5.04. The first-order valence-corrected chi connectivity index (χ1v) is 7.55. The van der Waals surface area contributed by atoms with Crippen LogP contribution in [0, 0.1) is 0 Å². The minimum Gasteiger partial charge on any atom is -0.497 e. The van der Waals surface area contributed by atoms with Crippen LogP contribution in [0.15, 0.2) is 53.4 Å². The first-order chi connectivity index (χ1) is 10.2. The molecule has 0 aliphatic heterocycles. The number of hydrogen-bond donors (Lipinski definition) is 0. The Labute approximate surface area is 128 Å². The van der Waals surface area contributed by atoms with Crippen LogP contribution in [-0.4, -0.2) is 19.5 Å². The monoisotopic (exact) mass is 304 g/mol. The fourth-order valence-corrected chi connectivity index (χ4v) is 2.04. The summed E-state index contributed by atoms with van der Waals surface area (Å²) < 4.78 is 15.2. The van der Waals surface area contributed by atoms with Gasteiger partial charge in [0.15, 0.2) is 0 Å². The summed E-state index contributed by atoms with van der Waals surface area (Å²) in [6.45, 7) is 0.158. The highest BCUT2D eigenvalue weighted by molar-refractivity contribution is 7.98. The normalized spacial score (nSPS) is 10.0. The number of ether oxygens (including phenoxy) is 3. The van der Waals surface area contributed by atoms with Gasteiger partial charge in [0, 0.05) is 4.90 Å². The van der Waals surface area contributed by atoms with Crippen LogP contribution in [-0.2, 0) is 11.3 Å². The molecule has 0 N–H and O–H groups in total. The molecule has 0 amide bonds. The molecule has 0 saturated heterocycles. The van der Waals surface area contributed by atoms with E-state index in [0.29, 0.717) is 5.75 Å². The number of carbonyl (C=O) groups is 1. The highest BCUT2D eigenvalue weighted by Gasteiger charge is 2.06. The topological polar surface area (TPSA) is 44.8 Å². The molecular weight excluding hydrogens is 288 g/mol. The summed E-state index contributed by atoms with van der Waals surface area (Å²) in [6.07, 6.45) is 1.27. The van der Waals surface area contributed by atoms with E-state index in [1.807, 2.05) is 42.7 Å². The molecular formula is C16H16O4S. The highest BCUT2D eigenvalue weighted by Crippen LogP contribution is 2.19. The third kappa shape index (κ3) is 4.72. The van der Waals surface area contributed by atoms with Gasteiger partial charge in [0.25, 0.3) is 0 Å². The van der Waals surface area contributed by atoms with Crippen molar-refractivity contribution in [2.75, 3.05) is 13.4 Å². The summed E-state index contributed by atoms with van der Waals surface area (Å²) in [5, 5.41) is 0. The van der Waals surface area contributed by atoms with Crippen molar-refractivity contribution in [1.29, 1.82) is 0 Å². The molecule has 0 radical (unpaired) electrons. The van der Waals surface area contributed by atoms with Crippen molar-refractivity contribution >= 4 is 17.9 Å². The lowest BCUT2D eigenvalue weighted by Crippen LogP contribution is -2.10. The zero-order valence-electron chi connectivity index (χ0n) is 11.9. The first kappa shape index (κ1) is 15.3. The van der Waals surface area contributed by atoms with Gasteiger partial charge in [0.2, 0.25) is 0 Å². The average molecular weight is 304 g/mol. The maximum Gasteiger partial charge on any atom is 0.514 e. The van der Waals surface area contributed by atoms with Crippen molar-refractivity contribution in [3.05, 3.63) is 54.1 Å². The zero-order chi connectivity index (χ0) is 15.1. The molecule has 0 spiro atoms. The van der Waals surface area contributed by atoms with E-state index in [0.717, 1.165) is 16.2 Å². The summed E-state index contributed by atoms with van der Waals surface area (Å²) in [5.74, 6) is 1.22. The molecule has 0 unspecified atom stereocenters. The number of rotatable bonds is 5. The standard InChI is InChI=1S/C16H16O4S/c1-18-13-5-3-12(4-6-13)11-19-16(17)20-14-7-9-15(21-2)10-8-14/h3-10H,11H2,1-2H3. The second-order valence-electron chi connectivity index (χ2n) is 4.16. The summed E-state index contributed by atoms with van der Waals surface area (Å²) in [4.78, 5) is 12.7. The minimum atomic E-state index is -0.720. The van der Waals surface area contributed by atoms with Gasteiger partial charge in [0.05, 0.1) is 7.11 Å². The van der Waals surface area contributed by atoms with Crippen LogP contribution in [0.2, 0.25) is 0 Å². The Kier molecular flexibility index (Phi) is 5.51. The number of thioether (sulfide) groups is 1. The minimum absolute atomic E-state index is 0.158. The van der Waals surface area contributed by atoms with Crippen LogP contribution in [0.1, 0.15) is 5.56 Å². The van der Waals surface area contributed by atoms with E-state index in [4.69, 9.17) is 14.2 Å². The predicted molar refractivity (Wildman–Crippen MR) is 82.0 cm³/mol. The van der Waals surface area contributed by atoms with Crippen LogP contribution in [0.5, 0.6) is 11.5 Å². The molecule has 21 heavy (non-hydrogen) atoms. The molecule has 2 aromatic rings. The van der Waals surface area contributed by atoms with Crippen molar-refractivity contribution in [1.82, 2.24) is 0 Å². The highest BCUT2D eigenvalue weighted by atomic mass is 32.2. The second kappa shape index (κ2) is 7.59. The van der Waals surface area contributed by atoms with E-state index in [-0.39, 0.29) is 6.61 Å². The molecule has 2 rings (SSSR count). The lowest BCUT2D eigenvalue weighted by molar-refractivity contribution is 0.0927. The van der Waals surface area contributed by atoms with E-state index in [9.17, 15) is 4.79 Å². The van der Waals surface area contributed by atoms with E-state index in [1.165, 1.54) is 0 Å². The van der Waals surface area contributed by atoms with E-state index < -0.39 is 6.16 Å². The Hall–Kier alpha value is -2.14. The number of carbonyl (C=O) groups excluding carboxylic acids is 1. The Morgan fingerprint density at radius 3 is 2.19 bits per heavy atom. The largest absolute Gasteiger partial charge is 0.514 e. The Balaban J connectivity index is 1.83. The Bertz CT molecular complexity index is 578. The number of hydrogen-bond acceptors (Lipinski definition) is 5. The van der Waals surface area contributed by atoms with Gasteiger partial charge in [-0.15, -0.1) is 11.8 Å². The molecule has 0 aliphatic rings. The smallest absolute Gasteiger partial charge is 0.497 e. The fourth-order valence-electron chi connectivity index (χ4n) is 1.63. The summed E-state index contributed by atoms with van der Waals surface area (Å²) in [6, 6.07) is 14.5. The maximum atomic E-state index is 11.6. The van der Waals surface area contributed by atoms with E-state index in [1.54, 1.807) is 31.0 Å². The number of methoxy groups -OCH3 is 1. The van der Waals surface area contributed by atoms with Crippen molar-refractivity contribution < 1.29 is 19.0 Å². The van der Waals surface area contributed by atoms with Crippen molar-refractivity contribution in [2.24, 2.45) is 0 Å². The molecule has 2 aromatic carbocycles. The molecule has 0 saturated carbocycles. The SMILES string of the molecule is COc1ccc(COC(=O)Oc2ccc(SC)cc2)cc1. The van der Waals surface area contributed by atoms with E-state index in [2.05, 4.69) is 0 Å². The van der Waals surface area contributed by atoms with Crippen molar-refractivity contribution in [3.63, 3.8) is 0 Å². The van der Waals surface area contributed by atoms with Gasteiger partial charge < -0.3 is 14.2 Å². The summed E-state index contributed by atoms with van der Waals surface area (Å²) in [7, 11) is 1.60. The number of benzene rings is 2. The van der Waals surface area contributed by atoms with Crippen LogP contribution in [0.4, 0.5) is 4.79 Å². The molecule has 4 nitrogen and oxygen atoms in total. The molecule has 0 aliphatic carbocycles. The van der Waals surface area contributed by atoms with Crippen LogP contribution in [0.3, 0.4) is 0 Å². The summed E-state index contributed by atoms with van der Waals surface area (Å²) >= 11 is 1.62. The van der Waals surface area contributed by atoms with Crippen LogP contribution in [0.25, 0.3) is 0 Å². The molecule has 0 bridgehead atoms. The van der Waals surface area contributed by atoms with Gasteiger partial charge in [-0.2, -0.15) is 0 Å². The van der Waals surface area contributed by atoms with E-state index >= 15 is 0 Å². The van der Waals surface area contributed by atoms with Gasteiger partial charge in [-0.1, -0.05) is 12.1 Å². The van der Waals surface area contributed by atoms with Crippen LogP contribution >= 0.6 is 11.8 Å². The lowest BCUT2D eigenvalue weighted by Gasteiger charge is -2.07. The van der Waals surface area contributed by atoms with Gasteiger partial charge in [-0.25, -0.2) is 4.79 Å². The first-order valence-electron chi connectivity index (χ1n) is 6.33. The third-order valence-corrected chi connectivity index (χ3v) is 3.52. The average Bonchev–Trinajstić information content (AvgIpc) is 2.54. The lowest BCUT2D eigenvalue weighted by atomic mass is 10.2. The van der Waals surface area contributed by atoms with Crippen molar-refractivity contribution in [3.8, 4) is 11.5 Å². The summed E-state index contributed by atoms with van der Waals surface area (Å²) in [5.41, 5.74) is 0.866. The molecule has 0 aromatic heterocycles. The zero-order valence-corrected chi connectivity index (χ0v) is 12.7. The molecule has 0 fully saturated rings. The third-order valence-electron chi connectivity index (χ3n) is 2.78. The van der Waals surface area contributed by atoms with Gasteiger partial charge >= 0.3 is 6.16 Å². The Morgan fingerprint density at radius 2 is 1.62 bits per heavy atom. The molecule has 5 heteroatoms. The maximum absolute atomic E-state index is 11.6. The fraction of sp³-hybridized carbons (Fsp3) is 0.188. The van der Waals surface area contributed by atoms with Gasteiger partial charge in [-0.3, -0.25) is 0 Å². The van der Waals surface area contributed by atoms with Crippen LogP contribution < -0.4 is 9.47 Å². The Morgan fingerprint density at radius 1 is 1.00 bits per heavy atom. The molecule has 110 valence electrons. The van der Waals surface area contributed by atoms with Gasteiger partial charge in [0.1, 0.15) is 18.1 Å². The molecule has 0 heterocycles. The quantitative estimate of drug-likeness (QED) is 0.472. The predicted octanol–water partition coefficient (Wildman–Crippen LogP) is 4.13. The molecule has 0 atom stereocenters.